The fourth-order valence-corrected chi connectivity index (χ4v) is 3.29. The normalized spacial score (nSPS) is 19.1. The van der Waals surface area contributed by atoms with E-state index in [9.17, 15) is 13.2 Å². The lowest BCUT2D eigenvalue weighted by Crippen LogP contribution is -2.38. The number of nitrogens with two attached hydrogens (primary N) is 1. The van der Waals surface area contributed by atoms with E-state index >= 15 is 0 Å². The predicted octanol–water partition coefficient (Wildman–Crippen LogP) is 3.66. The number of methoxy groups -OCH3 is 1. The van der Waals surface area contributed by atoms with Crippen molar-refractivity contribution in [3.8, 4) is 11.6 Å². The van der Waals surface area contributed by atoms with Crippen molar-refractivity contribution in [2.75, 3.05) is 7.11 Å². The highest BCUT2D eigenvalue weighted by atomic mass is 19.2. The molecule has 1 aromatic heterocycles. The maximum Gasteiger partial charge on any atom is 0.213 e. The van der Waals surface area contributed by atoms with Crippen molar-refractivity contribution < 1.29 is 22.6 Å². The van der Waals surface area contributed by atoms with Gasteiger partial charge in [-0.1, -0.05) is 0 Å². The highest BCUT2D eigenvalue weighted by Crippen LogP contribution is 2.39. The van der Waals surface area contributed by atoms with Gasteiger partial charge in [-0.3, -0.25) is 0 Å². The molecule has 4 nitrogen and oxygen atoms in total. The average Bonchev–Trinajstić information content (AvgIpc) is 2.64. The van der Waals surface area contributed by atoms with E-state index in [1.165, 1.54) is 7.11 Å². The summed E-state index contributed by atoms with van der Waals surface area (Å²) in [5.74, 6) is -2.31. The van der Waals surface area contributed by atoms with Crippen molar-refractivity contribution in [2.24, 2.45) is 5.73 Å². The van der Waals surface area contributed by atoms with E-state index in [4.69, 9.17) is 15.2 Å². The van der Waals surface area contributed by atoms with Gasteiger partial charge in [-0.15, -0.1) is 0 Å². The molecule has 134 valence electrons. The Kier molecular flexibility index (Phi) is 3.96. The van der Waals surface area contributed by atoms with Crippen LogP contribution in [0.15, 0.2) is 36.5 Å². The van der Waals surface area contributed by atoms with Crippen molar-refractivity contribution in [3.05, 3.63) is 65.1 Å². The summed E-state index contributed by atoms with van der Waals surface area (Å²) in [6.45, 7) is 0. The summed E-state index contributed by atoms with van der Waals surface area (Å²) in [5, 5.41) is 1.76. The zero-order valence-electron chi connectivity index (χ0n) is 13.8. The Morgan fingerprint density at radius 1 is 1.12 bits per heavy atom. The number of rotatable bonds is 2. The lowest BCUT2D eigenvalue weighted by molar-refractivity contribution is 0.149. The van der Waals surface area contributed by atoms with E-state index in [2.05, 4.69) is 4.98 Å². The van der Waals surface area contributed by atoms with Crippen LogP contribution in [0, 0.1) is 17.5 Å². The molecule has 0 spiro atoms. The molecule has 0 aliphatic carbocycles. The maximum atomic E-state index is 14.1. The average molecular weight is 360 g/mol. The van der Waals surface area contributed by atoms with Crippen LogP contribution in [0.4, 0.5) is 13.2 Å². The van der Waals surface area contributed by atoms with E-state index in [1.54, 1.807) is 18.3 Å². The molecule has 2 aromatic carbocycles. The van der Waals surface area contributed by atoms with E-state index in [1.807, 2.05) is 6.07 Å². The Balaban J connectivity index is 1.80. The SMILES string of the molecule is COc1cc2c3c(ccc2cn1)O[C@H](c1cc(F)c(F)cc1F)[C@@H](N)C3. The number of pyridine rings is 1. The highest BCUT2D eigenvalue weighted by molar-refractivity contribution is 5.88. The molecule has 0 saturated carbocycles. The van der Waals surface area contributed by atoms with E-state index < -0.39 is 29.6 Å². The Labute approximate surface area is 147 Å². The van der Waals surface area contributed by atoms with Crippen molar-refractivity contribution in [3.63, 3.8) is 0 Å². The fourth-order valence-electron chi connectivity index (χ4n) is 3.29. The van der Waals surface area contributed by atoms with Crippen LogP contribution in [-0.2, 0) is 6.42 Å². The minimum atomic E-state index is -1.25. The molecule has 4 rings (SSSR count). The quantitative estimate of drug-likeness (QED) is 0.709. The molecule has 7 heteroatoms. The second kappa shape index (κ2) is 6.17. The number of hydrogen-bond donors (Lipinski definition) is 1. The molecule has 3 aromatic rings. The molecule has 2 N–H and O–H groups in total. The Morgan fingerprint density at radius 2 is 1.88 bits per heavy atom. The van der Waals surface area contributed by atoms with Crippen LogP contribution in [-0.4, -0.2) is 18.1 Å². The summed E-state index contributed by atoms with van der Waals surface area (Å²) in [6, 6.07) is 6.01. The maximum absolute atomic E-state index is 14.1. The lowest BCUT2D eigenvalue weighted by Gasteiger charge is -2.32. The van der Waals surface area contributed by atoms with Crippen molar-refractivity contribution >= 4 is 10.8 Å². The first-order valence-corrected chi connectivity index (χ1v) is 8.00. The van der Waals surface area contributed by atoms with Gasteiger partial charge in [0.25, 0.3) is 0 Å². The predicted molar refractivity (Wildman–Crippen MR) is 89.7 cm³/mol. The zero-order valence-corrected chi connectivity index (χ0v) is 13.8. The topological polar surface area (TPSA) is 57.4 Å². The van der Waals surface area contributed by atoms with Crippen LogP contribution >= 0.6 is 0 Å². The molecule has 0 saturated heterocycles. The Bertz CT molecular complexity index is 1010. The number of ether oxygens (including phenoxy) is 2. The summed E-state index contributed by atoms with van der Waals surface area (Å²) in [4.78, 5) is 4.16. The standard InChI is InChI=1S/C19H15F3N2O2/c1-25-18-6-10-9(8-24-18)2-3-17-11(10)5-16(23)19(26-17)12-4-14(21)15(22)7-13(12)20/h2-4,6-8,16,19H,5,23H2,1H3/t16-,19+/m0/s1. The first-order chi connectivity index (χ1) is 12.5. The molecular formula is C19H15F3N2O2. The van der Waals surface area contributed by atoms with Gasteiger partial charge in [-0.2, -0.15) is 0 Å². The van der Waals surface area contributed by atoms with Crippen molar-refractivity contribution in [1.82, 2.24) is 4.98 Å². The number of benzene rings is 2. The number of nitrogens with zero attached hydrogens (tertiary/aromatic N) is 1. The second-order valence-corrected chi connectivity index (χ2v) is 6.18. The van der Waals surface area contributed by atoms with Crippen LogP contribution in [0.25, 0.3) is 10.8 Å². The van der Waals surface area contributed by atoms with Crippen molar-refractivity contribution in [1.29, 1.82) is 0 Å². The summed E-state index contributed by atoms with van der Waals surface area (Å²) in [5.41, 5.74) is 6.93. The first-order valence-electron chi connectivity index (χ1n) is 8.00. The Morgan fingerprint density at radius 3 is 2.65 bits per heavy atom. The monoisotopic (exact) mass is 360 g/mol. The Hall–Kier alpha value is -2.80. The number of halogens is 3. The van der Waals surface area contributed by atoms with Crippen LogP contribution < -0.4 is 15.2 Å². The third kappa shape index (κ3) is 2.64. The largest absolute Gasteiger partial charge is 0.484 e. The summed E-state index contributed by atoms with van der Waals surface area (Å²) < 4.78 is 52.0. The van der Waals surface area contributed by atoms with Gasteiger partial charge in [0.05, 0.1) is 13.2 Å². The molecular weight excluding hydrogens is 345 g/mol. The van der Waals surface area contributed by atoms with Gasteiger partial charge in [0, 0.05) is 34.8 Å². The van der Waals surface area contributed by atoms with Gasteiger partial charge in [0.15, 0.2) is 11.6 Å². The molecule has 0 unspecified atom stereocenters. The summed E-state index contributed by atoms with van der Waals surface area (Å²) in [6.07, 6.45) is 1.14. The van der Waals surface area contributed by atoms with Gasteiger partial charge in [0.1, 0.15) is 17.7 Å². The summed E-state index contributed by atoms with van der Waals surface area (Å²) >= 11 is 0. The highest BCUT2D eigenvalue weighted by Gasteiger charge is 2.32. The summed E-state index contributed by atoms with van der Waals surface area (Å²) in [7, 11) is 1.52. The molecule has 1 aliphatic rings. The van der Waals surface area contributed by atoms with Crippen LogP contribution in [0.1, 0.15) is 17.2 Å². The van der Waals surface area contributed by atoms with Gasteiger partial charge >= 0.3 is 0 Å². The second-order valence-electron chi connectivity index (χ2n) is 6.18. The molecule has 0 radical (unpaired) electrons. The van der Waals surface area contributed by atoms with Crippen LogP contribution in [0.5, 0.6) is 11.6 Å². The minimum Gasteiger partial charge on any atom is -0.484 e. The molecule has 2 atom stereocenters. The third-order valence-electron chi connectivity index (χ3n) is 4.58. The van der Waals surface area contributed by atoms with Crippen LogP contribution in [0.3, 0.4) is 0 Å². The minimum absolute atomic E-state index is 0.102. The van der Waals surface area contributed by atoms with Gasteiger partial charge < -0.3 is 15.2 Å². The molecule has 0 amide bonds. The molecule has 2 heterocycles. The molecule has 0 fully saturated rings. The smallest absolute Gasteiger partial charge is 0.213 e. The lowest BCUT2D eigenvalue weighted by atomic mass is 9.90. The molecule has 0 bridgehead atoms. The van der Waals surface area contributed by atoms with Crippen LogP contribution in [0.2, 0.25) is 0 Å². The van der Waals surface area contributed by atoms with Gasteiger partial charge in [-0.25, -0.2) is 18.2 Å². The zero-order chi connectivity index (χ0) is 18.4. The number of fused-ring (bicyclic) bond motifs is 3. The third-order valence-corrected chi connectivity index (χ3v) is 4.58. The number of aromatic nitrogens is 1. The number of hydrogen-bond acceptors (Lipinski definition) is 4. The molecule has 1 aliphatic heterocycles. The first kappa shape index (κ1) is 16.7. The van der Waals surface area contributed by atoms with E-state index in [-0.39, 0.29) is 5.56 Å². The van der Waals surface area contributed by atoms with Gasteiger partial charge in [-0.05, 0) is 30.0 Å². The van der Waals surface area contributed by atoms with Gasteiger partial charge in [0.2, 0.25) is 5.88 Å². The molecule has 26 heavy (non-hydrogen) atoms. The van der Waals surface area contributed by atoms with E-state index in [0.29, 0.717) is 24.1 Å². The van der Waals surface area contributed by atoms with E-state index in [0.717, 1.165) is 22.4 Å². The van der Waals surface area contributed by atoms with Crippen molar-refractivity contribution in [2.45, 2.75) is 18.6 Å². The fraction of sp³-hybridized carbons (Fsp3) is 0.211.